The topological polar surface area (TPSA) is 35.8 Å². The smallest absolute Gasteiger partial charge is 0.183 e. The Hall–Kier alpha value is -1.63. The lowest BCUT2D eigenvalue weighted by atomic mass is 10.0. The molecule has 0 bridgehead atoms. The van der Waals surface area contributed by atoms with E-state index in [-0.39, 0.29) is 17.3 Å². The summed E-state index contributed by atoms with van der Waals surface area (Å²) in [5.41, 5.74) is -0.0893. The van der Waals surface area contributed by atoms with E-state index in [9.17, 15) is 8.78 Å². The van der Waals surface area contributed by atoms with Crippen LogP contribution in [0.5, 0.6) is 0 Å². The van der Waals surface area contributed by atoms with Crippen molar-refractivity contribution in [3.05, 3.63) is 29.3 Å². The Labute approximate surface area is 112 Å². The summed E-state index contributed by atoms with van der Waals surface area (Å²) in [4.78, 5) is 0. The molecule has 0 spiro atoms. The molecule has 1 aliphatic rings. The predicted octanol–water partition coefficient (Wildman–Crippen LogP) is 4.22. The molecule has 2 rings (SSSR count). The number of nitriles is 1. The van der Waals surface area contributed by atoms with E-state index in [0.717, 1.165) is 25.7 Å². The summed E-state index contributed by atoms with van der Waals surface area (Å²) in [5, 5.41) is 11.7. The lowest BCUT2D eigenvalue weighted by molar-refractivity contribution is 0.498. The van der Waals surface area contributed by atoms with Crippen molar-refractivity contribution in [1.82, 2.24) is 0 Å². The average Bonchev–Trinajstić information content (AvgIpc) is 2.60. The van der Waals surface area contributed by atoms with Crippen molar-refractivity contribution in [3.8, 4) is 6.07 Å². The molecule has 1 aromatic carbocycles. The third-order valence-electron chi connectivity index (χ3n) is 3.82. The number of nitrogens with one attached hydrogen (secondary N) is 1. The number of anilines is 1. The zero-order valence-electron chi connectivity index (χ0n) is 11.0. The average molecular weight is 264 g/mol. The van der Waals surface area contributed by atoms with Crippen molar-refractivity contribution in [2.75, 3.05) is 5.32 Å². The second-order valence-electron chi connectivity index (χ2n) is 5.36. The predicted molar refractivity (Wildman–Crippen MR) is 70.7 cm³/mol. The SMILES string of the molecule is CC1CCCC(Nc2ccc(C#N)c(F)c2F)CC1. The van der Waals surface area contributed by atoms with Crippen LogP contribution >= 0.6 is 0 Å². The fourth-order valence-corrected chi connectivity index (χ4v) is 2.60. The zero-order valence-corrected chi connectivity index (χ0v) is 11.0. The van der Waals surface area contributed by atoms with Gasteiger partial charge < -0.3 is 5.32 Å². The van der Waals surface area contributed by atoms with E-state index in [1.165, 1.54) is 18.6 Å². The summed E-state index contributed by atoms with van der Waals surface area (Å²) < 4.78 is 27.3. The van der Waals surface area contributed by atoms with Gasteiger partial charge in [-0.3, -0.25) is 0 Å². The minimum atomic E-state index is -1.06. The lowest BCUT2D eigenvalue weighted by Crippen LogP contribution is -2.19. The van der Waals surface area contributed by atoms with Crippen LogP contribution < -0.4 is 5.32 Å². The first-order valence-electron chi connectivity index (χ1n) is 6.76. The normalized spacial score (nSPS) is 23.5. The molecule has 102 valence electrons. The highest BCUT2D eigenvalue weighted by molar-refractivity contribution is 5.50. The molecule has 1 aliphatic carbocycles. The van der Waals surface area contributed by atoms with E-state index in [1.807, 2.05) is 0 Å². The number of rotatable bonds is 2. The molecule has 1 fully saturated rings. The van der Waals surface area contributed by atoms with E-state index in [1.54, 1.807) is 6.07 Å². The molecule has 1 saturated carbocycles. The van der Waals surface area contributed by atoms with Crippen molar-refractivity contribution in [2.24, 2.45) is 5.92 Å². The summed E-state index contributed by atoms with van der Waals surface area (Å²) in [5.74, 6) is -1.31. The number of benzene rings is 1. The maximum atomic E-state index is 13.8. The Balaban J connectivity index is 2.11. The quantitative estimate of drug-likeness (QED) is 0.812. The van der Waals surface area contributed by atoms with Gasteiger partial charge in [0.1, 0.15) is 6.07 Å². The van der Waals surface area contributed by atoms with E-state index in [4.69, 9.17) is 5.26 Å². The highest BCUT2D eigenvalue weighted by atomic mass is 19.2. The molecule has 2 nitrogen and oxygen atoms in total. The van der Waals surface area contributed by atoms with E-state index in [2.05, 4.69) is 12.2 Å². The maximum Gasteiger partial charge on any atom is 0.183 e. The van der Waals surface area contributed by atoms with Crippen LogP contribution in [-0.4, -0.2) is 6.04 Å². The molecule has 2 unspecified atom stereocenters. The second kappa shape index (κ2) is 6.01. The fraction of sp³-hybridized carbons (Fsp3) is 0.533. The van der Waals surface area contributed by atoms with Gasteiger partial charge in [-0.1, -0.05) is 19.8 Å². The van der Waals surface area contributed by atoms with Gasteiger partial charge in [0, 0.05) is 6.04 Å². The van der Waals surface area contributed by atoms with Crippen LogP contribution in [0.3, 0.4) is 0 Å². The largest absolute Gasteiger partial charge is 0.380 e. The van der Waals surface area contributed by atoms with Crippen molar-refractivity contribution in [1.29, 1.82) is 5.26 Å². The molecule has 0 radical (unpaired) electrons. The van der Waals surface area contributed by atoms with Crippen LogP contribution in [0, 0.1) is 28.9 Å². The minimum Gasteiger partial charge on any atom is -0.380 e. The van der Waals surface area contributed by atoms with Crippen molar-refractivity contribution in [3.63, 3.8) is 0 Å². The Morgan fingerprint density at radius 3 is 2.68 bits per heavy atom. The highest BCUT2D eigenvalue weighted by Gasteiger charge is 2.19. The first-order valence-corrected chi connectivity index (χ1v) is 6.76. The van der Waals surface area contributed by atoms with Crippen molar-refractivity contribution < 1.29 is 8.78 Å². The van der Waals surface area contributed by atoms with Crippen LogP contribution in [0.4, 0.5) is 14.5 Å². The fourth-order valence-electron chi connectivity index (χ4n) is 2.60. The Morgan fingerprint density at radius 1 is 1.16 bits per heavy atom. The van der Waals surface area contributed by atoms with Gasteiger partial charge >= 0.3 is 0 Å². The zero-order chi connectivity index (χ0) is 13.8. The monoisotopic (exact) mass is 264 g/mol. The first-order chi connectivity index (χ1) is 9.11. The van der Waals surface area contributed by atoms with E-state index < -0.39 is 11.6 Å². The van der Waals surface area contributed by atoms with Gasteiger partial charge in [0.15, 0.2) is 11.6 Å². The summed E-state index contributed by atoms with van der Waals surface area (Å²) in [7, 11) is 0. The van der Waals surface area contributed by atoms with Gasteiger partial charge in [-0.15, -0.1) is 0 Å². The molecule has 0 heterocycles. The first kappa shape index (κ1) is 13.8. The van der Waals surface area contributed by atoms with Crippen molar-refractivity contribution >= 4 is 5.69 Å². The molecular formula is C15H18F2N2. The summed E-state index contributed by atoms with van der Waals surface area (Å²) in [6, 6.07) is 4.60. The molecule has 1 aromatic rings. The number of hydrogen-bond donors (Lipinski definition) is 1. The van der Waals surface area contributed by atoms with Gasteiger partial charge in [-0.25, -0.2) is 8.78 Å². The molecule has 19 heavy (non-hydrogen) atoms. The Bertz CT molecular complexity index is 494. The van der Waals surface area contributed by atoms with Gasteiger partial charge in [0.05, 0.1) is 11.3 Å². The van der Waals surface area contributed by atoms with Crippen LogP contribution in [0.1, 0.15) is 44.6 Å². The van der Waals surface area contributed by atoms with Gasteiger partial charge in [0.2, 0.25) is 0 Å². The van der Waals surface area contributed by atoms with Crippen molar-refractivity contribution in [2.45, 2.75) is 45.1 Å². The summed E-state index contributed by atoms with van der Waals surface area (Å²) in [6.45, 7) is 2.23. The Kier molecular flexibility index (Phi) is 4.36. The van der Waals surface area contributed by atoms with Crippen LogP contribution in [0.2, 0.25) is 0 Å². The molecule has 0 aromatic heterocycles. The van der Waals surface area contributed by atoms with Crippen LogP contribution in [-0.2, 0) is 0 Å². The molecule has 0 saturated heterocycles. The van der Waals surface area contributed by atoms with Gasteiger partial charge in [-0.05, 0) is 37.3 Å². The van der Waals surface area contributed by atoms with Crippen LogP contribution in [0.25, 0.3) is 0 Å². The lowest BCUT2D eigenvalue weighted by Gasteiger charge is -2.18. The van der Waals surface area contributed by atoms with Crippen LogP contribution in [0.15, 0.2) is 12.1 Å². The molecule has 4 heteroatoms. The van der Waals surface area contributed by atoms with E-state index >= 15 is 0 Å². The standard InChI is InChI=1S/C15H18F2N2/c1-10-3-2-4-12(7-5-10)19-13-8-6-11(9-18)14(16)15(13)17/h6,8,10,12,19H,2-5,7H2,1H3. The highest BCUT2D eigenvalue weighted by Crippen LogP contribution is 2.27. The molecule has 0 amide bonds. The van der Waals surface area contributed by atoms with E-state index in [0.29, 0.717) is 5.92 Å². The number of halogens is 2. The van der Waals surface area contributed by atoms with Gasteiger partial charge in [-0.2, -0.15) is 5.26 Å². The molecule has 1 N–H and O–H groups in total. The summed E-state index contributed by atoms with van der Waals surface area (Å²) >= 11 is 0. The Morgan fingerprint density at radius 2 is 1.95 bits per heavy atom. The second-order valence-corrected chi connectivity index (χ2v) is 5.36. The molecular weight excluding hydrogens is 246 g/mol. The minimum absolute atomic E-state index is 0.163. The molecule has 2 atom stereocenters. The van der Waals surface area contributed by atoms with Gasteiger partial charge in [0.25, 0.3) is 0 Å². The maximum absolute atomic E-state index is 13.8. The number of nitrogens with zero attached hydrogens (tertiary/aromatic N) is 1. The number of hydrogen-bond acceptors (Lipinski definition) is 2. The summed E-state index contributed by atoms with van der Waals surface area (Å²) in [6.07, 6.45) is 5.37. The molecule has 0 aliphatic heterocycles. The third kappa shape index (κ3) is 3.23. The third-order valence-corrected chi connectivity index (χ3v) is 3.82.